The van der Waals surface area contributed by atoms with Crippen molar-refractivity contribution in [3.63, 3.8) is 0 Å². The Hall–Kier alpha value is -0.733. The zero-order chi connectivity index (χ0) is 15.0. The van der Waals surface area contributed by atoms with Crippen LogP contribution in [0.4, 0.5) is 0 Å². The molecule has 1 nitrogen and oxygen atoms in total. The summed E-state index contributed by atoms with van der Waals surface area (Å²) < 4.78 is 6.57. The van der Waals surface area contributed by atoms with Crippen LogP contribution < -0.4 is 0 Å². The van der Waals surface area contributed by atoms with Gasteiger partial charge in [0.2, 0.25) is 8.32 Å². The van der Waals surface area contributed by atoms with Gasteiger partial charge in [-0.25, -0.2) is 0 Å². The van der Waals surface area contributed by atoms with E-state index in [0.717, 1.165) is 47.3 Å². The van der Waals surface area contributed by atoms with E-state index in [2.05, 4.69) is 45.9 Å². The number of rotatable bonds is 8. The minimum absolute atomic E-state index is 0.772. The van der Waals surface area contributed by atoms with Crippen molar-refractivity contribution in [2.45, 2.75) is 58.7 Å². The molecule has 1 rings (SSSR count). The number of halogens is 1. The molecular formula is C17H27ClOSi. The van der Waals surface area contributed by atoms with Crippen LogP contribution in [-0.4, -0.2) is 8.32 Å². The Morgan fingerprint density at radius 2 is 1.60 bits per heavy atom. The molecular weight excluding hydrogens is 284 g/mol. The predicted molar refractivity (Wildman–Crippen MR) is 92.6 cm³/mol. The SMILES string of the molecule is CCC/C=C(\O[Si](CC)(CC)CC)c1ccc(Cl)cc1. The maximum Gasteiger partial charge on any atom is 0.250 e. The Bertz CT molecular complexity index is 413. The molecule has 0 heterocycles. The second kappa shape index (κ2) is 8.53. The lowest BCUT2D eigenvalue weighted by molar-refractivity contribution is 0.488. The fourth-order valence-corrected chi connectivity index (χ4v) is 5.03. The molecule has 0 unspecified atom stereocenters. The molecule has 3 heteroatoms. The third-order valence-electron chi connectivity index (χ3n) is 4.01. The van der Waals surface area contributed by atoms with Gasteiger partial charge in [0.1, 0.15) is 5.76 Å². The van der Waals surface area contributed by atoms with E-state index >= 15 is 0 Å². The average molecular weight is 311 g/mol. The zero-order valence-corrected chi connectivity index (χ0v) is 15.0. The van der Waals surface area contributed by atoms with Gasteiger partial charge in [-0.2, -0.15) is 0 Å². The van der Waals surface area contributed by atoms with E-state index in [-0.39, 0.29) is 0 Å². The van der Waals surface area contributed by atoms with Gasteiger partial charge in [0.05, 0.1) is 0 Å². The van der Waals surface area contributed by atoms with Crippen LogP contribution in [0.1, 0.15) is 46.1 Å². The summed E-state index contributed by atoms with van der Waals surface area (Å²) in [7, 11) is -1.63. The zero-order valence-electron chi connectivity index (χ0n) is 13.2. The maximum absolute atomic E-state index is 6.57. The predicted octanol–water partition coefficient (Wildman–Crippen LogP) is 6.50. The number of hydrogen-bond acceptors (Lipinski definition) is 1. The van der Waals surface area contributed by atoms with E-state index in [4.69, 9.17) is 16.0 Å². The minimum atomic E-state index is -1.63. The molecule has 0 fully saturated rings. The summed E-state index contributed by atoms with van der Waals surface area (Å²) in [4.78, 5) is 0. The van der Waals surface area contributed by atoms with Crippen molar-refractivity contribution < 1.29 is 4.43 Å². The number of unbranched alkanes of at least 4 members (excludes halogenated alkanes) is 1. The molecule has 0 spiro atoms. The number of benzene rings is 1. The first-order valence-corrected chi connectivity index (χ1v) is 10.7. The summed E-state index contributed by atoms with van der Waals surface area (Å²) in [6.45, 7) is 8.98. The van der Waals surface area contributed by atoms with Gasteiger partial charge < -0.3 is 4.43 Å². The van der Waals surface area contributed by atoms with Crippen molar-refractivity contribution >= 4 is 25.7 Å². The van der Waals surface area contributed by atoms with E-state index in [9.17, 15) is 0 Å². The molecule has 0 N–H and O–H groups in total. The summed E-state index contributed by atoms with van der Waals surface area (Å²) in [6.07, 6.45) is 4.44. The molecule has 0 amide bonds. The van der Waals surface area contributed by atoms with Gasteiger partial charge in [0.15, 0.2) is 0 Å². The molecule has 0 saturated heterocycles. The molecule has 112 valence electrons. The molecule has 0 aliphatic heterocycles. The topological polar surface area (TPSA) is 9.23 Å². The lowest BCUT2D eigenvalue weighted by atomic mass is 10.1. The van der Waals surface area contributed by atoms with Crippen molar-refractivity contribution in [2.24, 2.45) is 0 Å². The van der Waals surface area contributed by atoms with Crippen molar-refractivity contribution in [2.75, 3.05) is 0 Å². The Morgan fingerprint density at radius 1 is 1.05 bits per heavy atom. The van der Waals surface area contributed by atoms with Gasteiger partial charge >= 0.3 is 0 Å². The summed E-state index contributed by atoms with van der Waals surface area (Å²) in [6, 6.07) is 11.5. The summed E-state index contributed by atoms with van der Waals surface area (Å²) >= 11 is 5.98. The van der Waals surface area contributed by atoms with Crippen LogP contribution in [0.15, 0.2) is 30.3 Å². The number of hydrogen-bond donors (Lipinski definition) is 0. The third-order valence-corrected chi connectivity index (χ3v) is 8.78. The third kappa shape index (κ3) is 4.67. The Kier molecular flexibility index (Phi) is 7.39. The first-order chi connectivity index (χ1) is 9.60. The lowest BCUT2D eigenvalue weighted by Crippen LogP contribution is -2.35. The van der Waals surface area contributed by atoms with Gasteiger partial charge in [-0.3, -0.25) is 0 Å². The Balaban J connectivity index is 3.04. The fraction of sp³-hybridized carbons (Fsp3) is 0.529. The molecule has 0 radical (unpaired) electrons. The first kappa shape index (κ1) is 17.3. The molecule has 0 atom stereocenters. The normalized spacial score (nSPS) is 12.6. The monoisotopic (exact) mass is 310 g/mol. The highest BCUT2D eigenvalue weighted by Gasteiger charge is 2.31. The highest BCUT2D eigenvalue weighted by molar-refractivity contribution is 6.74. The van der Waals surface area contributed by atoms with E-state index in [1.807, 2.05) is 12.1 Å². The minimum Gasteiger partial charge on any atom is -0.543 e. The largest absolute Gasteiger partial charge is 0.543 e. The molecule has 0 saturated carbocycles. The van der Waals surface area contributed by atoms with Crippen LogP contribution >= 0.6 is 11.6 Å². The summed E-state index contributed by atoms with van der Waals surface area (Å²) in [5.41, 5.74) is 1.15. The molecule has 20 heavy (non-hydrogen) atoms. The molecule has 1 aromatic rings. The quantitative estimate of drug-likeness (QED) is 0.393. The highest BCUT2D eigenvalue weighted by atomic mass is 35.5. The van der Waals surface area contributed by atoms with E-state index < -0.39 is 8.32 Å². The second-order valence-corrected chi connectivity index (χ2v) is 10.3. The van der Waals surface area contributed by atoms with Gasteiger partial charge in [0, 0.05) is 10.6 Å². The fourth-order valence-electron chi connectivity index (χ4n) is 2.31. The van der Waals surface area contributed by atoms with Crippen molar-refractivity contribution in [3.05, 3.63) is 40.9 Å². The standard InChI is InChI=1S/C17H27ClOSi/c1-5-9-10-17(15-11-13-16(18)14-12-15)19-20(6-2,7-3)8-4/h10-14H,5-9H2,1-4H3/b17-10-. The molecule has 0 aromatic heterocycles. The van der Waals surface area contributed by atoms with Crippen molar-refractivity contribution in [1.82, 2.24) is 0 Å². The van der Waals surface area contributed by atoms with Gasteiger partial charge in [-0.05, 0) is 54.9 Å². The molecule has 0 aliphatic rings. The summed E-state index contributed by atoms with van der Waals surface area (Å²) in [5, 5.41) is 0.772. The summed E-state index contributed by atoms with van der Waals surface area (Å²) in [5.74, 6) is 1.06. The van der Waals surface area contributed by atoms with Crippen LogP contribution in [0.25, 0.3) is 5.76 Å². The smallest absolute Gasteiger partial charge is 0.250 e. The van der Waals surface area contributed by atoms with Crippen LogP contribution in [0.2, 0.25) is 23.2 Å². The highest BCUT2D eigenvalue weighted by Crippen LogP contribution is 2.30. The van der Waals surface area contributed by atoms with E-state index in [0.29, 0.717) is 0 Å². The number of allylic oxidation sites excluding steroid dienone is 1. The van der Waals surface area contributed by atoms with E-state index in [1.165, 1.54) is 0 Å². The van der Waals surface area contributed by atoms with Crippen molar-refractivity contribution in [3.8, 4) is 0 Å². The van der Waals surface area contributed by atoms with Gasteiger partial charge in [-0.15, -0.1) is 0 Å². The van der Waals surface area contributed by atoms with Gasteiger partial charge in [-0.1, -0.05) is 45.7 Å². The lowest BCUT2D eigenvalue weighted by Gasteiger charge is -2.30. The first-order valence-electron chi connectivity index (χ1n) is 7.75. The van der Waals surface area contributed by atoms with Crippen LogP contribution in [0, 0.1) is 0 Å². The van der Waals surface area contributed by atoms with Crippen molar-refractivity contribution in [1.29, 1.82) is 0 Å². The Morgan fingerprint density at radius 3 is 2.05 bits per heavy atom. The molecule has 0 bridgehead atoms. The van der Waals surface area contributed by atoms with Crippen LogP contribution in [0.3, 0.4) is 0 Å². The van der Waals surface area contributed by atoms with Crippen LogP contribution in [-0.2, 0) is 4.43 Å². The average Bonchev–Trinajstić information content (AvgIpc) is 2.49. The van der Waals surface area contributed by atoms with E-state index in [1.54, 1.807) is 0 Å². The molecule has 1 aromatic carbocycles. The van der Waals surface area contributed by atoms with Gasteiger partial charge in [0.25, 0.3) is 0 Å². The second-order valence-electron chi connectivity index (χ2n) is 5.21. The Labute approximate surface area is 130 Å². The maximum atomic E-state index is 6.57. The molecule has 0 aliphatic carbocycles. The van der Waals surface area contributed by atoms with Crippen LogP contribution in [0.5, 0.6) is 0 Å².